The highest BCUT2D eigenvalue weighted by Crippen LogP contribution is 2.25. The van der Waals surface area contributed by atoms with Crippen LogP contribution in [0, 0.1) is 20.8 Å². The average Bonchev–Trinajstić information content (AvgIpc) is 2.77. The first-order valence-electron chi connectivity index (χ1n) is 10.2. The lowest BCUT2D eigenvalue weighted by atomic mass is 10.1. The van der Waals surface area contributed by atoms with Gasteiger partial charge in [0.25, 0.3) is 0 Å². The van der Waals surface area contributed by atoms with Crippen LogP contribution in [0.5, 0.6) is 0 Å². The van der Waals surface area contributed by atoms with Crippen LogP contribution in [0.4, 0.5) is 17.5 Å². The van der Waals surface area contributed by atoms with Gasteiger partial charge in [-0.25, -0.2) is 13.4 Å². The van der Waals surface area contributed by atoms with Crippen molar-refractivity contribution < 1.29 is 8.42 Å². The number of benzene rings is 1. The molecule has 0 amide bonds. The van der Waals surface area contributed by atoms with E-state index >= 15 is 0 Å². The van der Waals surface area contributed by atoms with E-state index in [0.29, 0.717) is 42.7 Å². The molecule has 31 heavy (non-hydrogen) atoms. The number of nitrogens with one attached hydrogen (secondary N) is 1. The summed E-state index contributed by atoms with van der Waals surface area (Å²) in [5.74, 6) is 2.03. The van der Waals surface area contributed by atoms with E-state index in [0.717, 1.165) is 22.5 Å². The first kappa shape index (κ1) is 21.2. The summed E-state index contributed by atoms with van der Waals surface area (Å²) in [6.07, 6.45) is 1.71. The maximum Gasteiger partial charge on any atom is 0.243 e. The normalized spacial score (nSPS) is 15.1. The Labute approximate surface area is 183 Å². The van der Waals surface area contributed by atoms with Gasteiger partial charge in [-0.1, -0.05) is 12.1 Å². The van der Waals surface area contributed by atoms with Gasteiger partial charge in [0, 0.05) is 32.4 Å². The summed E-state index contributed by atoms with van der Waals surface area (Å²) in [5.41, 5.74) is 2.87. The molecular formula is C22H26N6O2S. The maximum atomic E-state index is 13.2. The zero-order valence-corrected chi connectivity index (χ0v) is 18.7. The number of hydrogen-bond donors (Lipinski definition) is 1. The minimum absolute atomic E-state index is 0.397. The Bertz CT molecular complexity index is 1160. The summed E-state index contributed by atoms with van der Waals surface area (Å²) in [7, 11) is -3.53. The Morgan fingerprint density at radius 3 is 2.23 bits per heavy atom. The lowest BCUT2D eigenvalue weighted by Crippen LogP contribution is -2.49. The third-order valence-corrected chi connectivity index (χ3v) is 7.58. The molecule has 1 N–H and O–H groups in total. The van der Waals surface area contributed by atoms with Crippen LogP contribution in [0.15, 0.2) is 53.6 Å². The van der Waals surface area contributed by atoms with Crippen LogP contribution in [-0.2, 0) is 10.0 Å². The van der Waals surface area contributed by atoms with Gasteiger partial charge in [-0.15, -0.1) is 10.2 Å². The molecular weight excluding hydrogens is 412 g/mol. The number of nitrogens with zero attached hydrogens (tertiary/aromatic N) is 5. The maximum absolute atomic E-state index is 13.2. The molecule has 0 radical (unpaired) electrons. The van der Waals surface area contributed by atoms with E-state index in [-0.39, 0.29) is 0 Å². The summed E-state index contributed by atoms with van der Waals surface area (Å²) >= 11 is 0. The molecule has 1 aliphatic heterocycles. The van der Waals surface area contributed by atoms with Gasteiger partial charge in [-0.05, 0) is 67.8 Å². The largest absolute Gasteiger partial charge is 0.352 e. The molecule has 0 aliphatic carbocycles. The number of hydrogen-bond acceptors (Lipinski definition) is 7. The highest BCUT2D eigenvalue weighted by molar-refractivity contribution is 7.89. The molecule has 9 heteroatoms. The average molecular weight is 439 g/mol. The predicted octanol–water partition coefficient (Wildman–Crippen LogP) is 3.05. The molecule has 0 saturated carbocycles. The molecule has 3 aromatic rings. The van der Waals surface area contributed by atoms with E-state index in [1.165, 1.54) is 0 Å². The smallest absolute Gasteiger partial charge is 0.243 e. The van der Waals surface area contributed by atoms with E-state index in [1.807, 2.05) is 57.2 Å². The molecule has 4 rings (SSSR count). The Morgan fingerprint density at radius 1 is 0.839 bits per heavy atom. The molecule has 3 heterocycles. The number of aromatic nitrogens is 3. The molecule has 0 unspecified atom stereocenters. The monoisotopic (exact) mass is 438 g/mol. The minimum Gasteiger partial charge on any atom is -0.352 e. The first-order chi connectivity index (χ1) is 14.8. The van der Waals surface area contributed by atoms with E-state index in [1.54, 1.807) is 16.6 Å². The third kappa shape index (κ3) is 4.52. The summed E-state index contributed by atoms with van der Waals surface area (Å²) in [6, 6.07) is 13.0. The zero-order chi connectivity index (χ0) is 22.0. The number of piperazine rings is 1. The van der Waals surface area contributed by atoms with Crippen molar-refractivity contribution in [1.82, 2.24) is 19.5 Å². The van der Waals surface area contributed by atoms with Crippen molar-refractivity contribution in [1.29, 1.82) is 0 Å². The molecule has 0 bridgehead atoms. The third-order valence-electron chi connectivity index (χ3n) is 5.54. The Hall–Kier alpha value is -3.04. The number of rotatable bonds is 5. The first-order valence-corrected chi connectivity index (χ1v) is 11.6. The van der Waals surface area contributed by atoms with E-state index < -0.39 is 10.0 Å². The molecule has 2 aromatic heterocycles. The van der Waals surface area contributed by atoms with Crippen molar-refractivity contribution in [3.05, 3.63) is 65.4 Å². The topological polar surface area (TPSA) is 91.3 Å². The van der Waals surface area contributed by atoms with E-state index in [9.17, 15) is 8.42 Å². The van der Waals surface area contributed by atoms with E-state index in [4.69, 9.17) is 0 Å². The van der Waals surface area contributed by atoms with Crippen molar-refractivity contribution >= 4 is 27.5 Å². The van der Waals surface area contributed by atoms with Crippen LogP contribution in [0.3, 0.4) is 0 Å². The Balaban J connectivity index is 1.42. The Morgan fingerprint density at radius 2 is 1.58 bits per heavy atom. The highest BCUT2D eigenvalue weighted by Gasteiger charge is 2.30. The number of aryl methyl sites for hydroxylation is 3. The van der Waals surface area contributed by atoms with Gasteiger partial charge in [-0.2, -0.15) is 4.31 Å². The van der Waals surface area contributed by atoms with Crippen molar-refractivity contribution in [2.45, 2.75) is 25.7 Å². The van der Waals surface area contributed by atoms with Crippen LogP contribution in [-0.4, -0.2) is 54.1 Å². The van der Waals surface area contributed by atoms with Crippen LogP contribution < -0.4 is 10.2 Å². The minimum atomic E-state index is -3.53. The summed E-state index contributed by atoms with van der Waals surface area (Å²) < 4.78 is 28.0. The Kier molecular flexibility index (Phi) is 5.88. The quantitative estimate of drug-likeness (QED) is 0.655. The van der Waals surface area contributed by atoms with Crippen LogP contribution in [0.25, 0.3) is 0 Å². The SMILES string of the molecule is Cc1cc(C)c(S(=O)(=O)N2CCN(c3ccc(Nc4ccccn4)nn3)CC2)cc1C. The number of sulfonamides is 1. The fourth-order valence-electron chi connectivity index (χ4n) is 3.64. The van der Waals surface area contributed by atoms with Crippen molar-refractivity contribution in [2.24, 2.45) is 0 Å². The molecule has 162 valence electrons. The second-order valence-electron chi connectivity index (χ2n) is 7.71. The van der Waals surface area contributed by atoms with Crippen molar-refractivity contribution in [3.63, 3.8) is 0 Å². The summed E-state index contributed by atoms with van der Waals surface area (Å²) in [5, 5.41) is 11.6. The number of anilines is 3. The fraction of sp³-hybridized carbons (Fsp3) is 0.318. The lowest BCUT2D eigenvalue weighted by Gasteiger charge is -2.34. The van der Waals surface area contributed by atoms with Gasteiger partial charge in [0.1, 0.15) is 5.82 Å². The van der Waals surface area contributed by atoms with Crippen LogP contribution in [0.2, 0.25) is 0 Å². The zero-order valence-electron chi connectivity index (χ0n) is 17.9. The van der Waals surface area contributed by atoms with E-state index in [2.05, 4.69) is 25.4 Å². The summed E-state index contributed by atoms with van der Waals surface area (Å²) in [4.78, 5) is 6.66. The van der Waals surface area contributed by atoms with Crippen molar-refractivity contribution in [2.75, 3.05) is 36.4 Å². The molecule has 1 fully saturated rings. The van der Waals surface area contributed by atoms with Crippen LogP contribution >= 0.6 is 0 Å². The lowest BCUT2D eigenvalue weighted by molar-refractivity contribution is 0.383. The highest BCUT2D eigenvalue weighted by atomic mass is 32.2. The van der Waals surface area contributed by atoms with Gasteiger partial charge in [-0.3, -0.25) is 0 Å². The molecule has 0 spiro atoms. The van der Waals surface area contributed by atoms with Crippen molar-refractivity contribution in [3.8, 4) is 0 Å². The fourth-order valence-corrected chi connectivity index (χ4v) is 5.35. The van der Waals surface area contributed by atoms with Gasteiger partial charge < -0.3 is 10.2 Å². The molecule has 1 aromatic carbocycles. The van der Waals surface area contributed by atoms with Gasteiger partial charge in [0.05, 0.1) is 4.90 Å². The second-order valence-corrected chi connectivity index (χ2v) is 9.62. The summed E-state index contributed by atoms with van der Waals surface area (Å²) in [6.45, 7) is 7.72. The van der Waals surface area contributed by atoms with Gasteiger partial charge >= 0.3 is 0 Å². The predicted molar refractivity (Wildman–Crippen MR) is 121 cm³/mol. The second kappa shape index (κ2) is 8.60. The van der Waals surface area contributed by atoms with Gasteiger partial charge in [0.15, 0.2) is 11.6 Å². The molecule has 1 aliphatic rings. The molecule has 0 atom stereocenters. The molecule has 8 nitrogen and oxygen atoms in total. The number of pyridine rings is 1. The molecule has 1 saturated heterocycles. The standard InChI is InChI=1S/C22H26N6O2S/c1-16-14-18(3)19(15-17(16)2)31(29,30)28-12-10-27(11-13-28)22-8-7-21(25-26-22)24-20-6-4-5-9-23-20/h4-9,14-15H,10-13H2,1-3H3,(H,23,24,25). The van der Waals surface area contributed by atoms with Gasteiger partial charge in [0.2, 0.25) is 10.0 Å². The van der Waals surface area contributed by atoms with Crippen LogP contribution in [0.1, 0.15) is 16.7 Å².